The highest BCUT2D eigenvalue weighted by molar-refractivity contribution is 7.99. The van der Waals surface area contributed by atoms with Crippen LogP contribution in [0.15, 0.2) is 6.20 Å². The van der Waals surface area contributed by atoms with Crippen LogP contribution >= 0.6 is 23.4 Å². The van der Waals surface area contributed by atoms with Crippen molar-refractivity contribution in [3.8, 4) is 0 Å². The molecule has 1 atom stereocenters. The third kappa shape index (κ3) is 5.73. The van der Waals surface area contributed by atoms with Gasteiger partial charge in [-0.1, -0.05) is 25.4 Å². The number of likely N-dealkylation sites (N-methyl/N-ethyl adjacent to an activating group) is 1. The Hall–Kier alpha value is -0.230. The Bertz CT molecular complexity index is 379. The van der Waals surface area contributed by atoms with Gasteiger partial charge in [0.05, 0.1) is 29.5 Å². The van der Waals surface area contributed by atoms with Gasteiger partial charge in [0, 0.05) is 12.3 Å². The van der Waals surface area contributed by atoms with Crippen LogP contribution in [0.5, 0.6) is 0 Å². The first-order valence-electron chi connectivity index (χ1n) is 6.61. The van der Waals surface area contributed by atoms with Crippen molar-refractivity contribution in [3.63, 3.8) is 0 Å². The van der Waals surface area contributed by atoms with Crippen LogP contribution in [0.2, 0.25) is 5.02 Å². The van der Waals surface area contributed by atoms with Crippen LogP contribution in [0.1, 0.15) is 25.6 Å². The summed E-state index contributed by atoms with van der Waals surface area (Å²) in [6.45, 7) is 6.17. The molecule has 0 bridgehead atoms. The quantitative estimate of drug-likeness (QED) is 0.801. The molecule has 19 heavy (non-hydrogen) atoms. The zero-order valence-electron chi connectivity index (χ0n) is 12.3. The predicted octanol–water partition coefficient (Wildman–Crippen LogP) is 2.49. The lowest BCUT2D eigenvalue weighted by Gasteiger charge is -2.17. The summed E-state index contributed by atoms with van der Waals surface area (Å²) in [5.41, 5.74) is 7.21. The zero-order chi connectivity index (χ0) is 14.4. The van der Waals surface area contributed by atoms with Gasteiger partial charge in [0.1, 0.15) is 0 Å². The molecule has 0 saturated carbocycles. The van der Waals surface area contributed by atoms with Gasteiger partial charge in [0.15, 0.2) is 0 Å². The first-order valence-corrected chi connectivity index (χ1v) is 8.14. The molecule has 0 radical (unpaired) electrons. The number of thioether (sulfide) groups is 1. The summed E-state index contributed by atoms with van der Waals surface area (Å²) in [6.07, 6.45) is 1.69. The molecule has 110 valence electrons. The number of halogens is 1. The number of hydrogen-bond acceptors (Lipinski definition) is 4. The Morgan fingerprint density at radius 2 is 2.11 bits per heavy atom. The van der Waals surface area contributed by atoms with E-state index < -0.39 is 0 Å². The van der Waals surface area contributed by atoms with E-state index in [1.165, 1.54) is 0 Å². The van der Waals surface area contributed by atoms with Crippen molar-refractivity contribution in [2.24, 2.45) is 11.7 Å². The molecule has 0 aliphatic carbocycles. The first-order chi connectivity index (χ1) is 8.91. The Kier molecular flexibility index (Phi) is 7.21. The van der Waals surface area contributed by atoms with Crippen molar-refractivity contribution in [1.82, 2.24) is 14.7 Å². The van der Waals surface area contributed by atoms with Crippen LogP contribution in [0.25, 0.3) is 0 Å². The van der Waals surface area contributed by atoms with Gasteiger partial charge in [-0.05, 0) is 25.8 Å². The van der Waals surface area contributed by atoms with E-state index in [2.05, 4.69) is 23.8 Å². The van der Waals surface area contributed by atoms with E-state index in [1.54, 1.807) is 6.20 Å². The van der Waals surface area contributed by atoms with Crippen molar-refractivity contribution < 1.29 is 0 Å². The second-order valence-corrected chi connectivity index (χ2v) is 6.92. The van der Waals surface area contributed by atoms with Crippen LogP contribution in [0, 0.1) is 5.92 Å². The maximum absolute atomic E-state index is 6.25. The molecule has 0 spiro atoms. The smallest absolute Gasteiger partial charge is 0.0834 e. The van der Waals surface area contributed by atoms with Gasteiger partial charge in [0.25, 0.3) is 0 Å². The van der Waals surface area contributed by atoms with Gasteiger partial charge in [0.2, 0.25) is 0 Å². The maximum Gasteiger partial charge on any atom is 0.0834 e. The molecular formula is C13H25ClN4S. The van der Waals surface area contributed by atoms with E-state index in [4.69, 9.17) is 17.3 Å². The lowest BCUT2D eigenvalue weighted by Crippen LogP contribution is -2.24. The van der Waals surface area contributed by atoms with Crippen molar-refractivity contribution in [3.05, 3.63) is 16.9 Å². The van der Waals surface area contributed by atoms with Crippen LogP contribution < -0.4 is 5.73 Å². The van der Waals surface area contributed by atoms with Gasteiger partial charge < -0.3 is 10.6 Å². The number of aromatic nitrogens is 2. The van der Waals surface area contributed by atoms with Gasteiger partial charge in [-0.15, -0.1) is 0 Å². The molecule has 0 aliphatic heterocycles. The van der Waals surface area contributed by atoms with Gasteiger partial charge >= 0.3 is 0 Å². The van der Waals surface area contributed by atoms with E-state index >= 15 is 0 Å². The topological polar surface area (TPSA) is 47.1 Å². The number of nitrogens with zero attached hydrogens (tertiary/aromatic N) is 3. The average Bonchev–Trinajstić information content (AvgIpc) is 2.67. The molecule has 1 aromatic heterocycles. The van der Waals surface area contributed by atoms with Crippen molar-refractivity contribution >= 4 is 23.4 Å². The van der Waals surface area contributed by atoms with E-state index in [1.807, 2.05) is 30.5 Å². The van der Waals surface area contributed by atoms with E-state index in [0.29, 0.717) is 10.9 Å². The highest BCUT2D eigenvalue weighted by Gasteiger charge is 2.17. The highest BCUT2D eigenvalue weighted by Crippen LogP contribution is 2.24. The van der Waals surface area contributed by atoms with Crippen molar-refractivity contribution in [2.45, 2.75) is 26.4 Å². The normalized spacial score (nSPS) is 13.5. The summed E-state index contributed by atoms with van der Waals surface area (Å²) in [6, 6.07) is -0.0547. The van der Waals surface area contributed by atoms with E-state index in [-0.39, 0.29) is 6.04 Å². The minimum Gasteiger partial charge on any atom is -0.322 e. The first kappa shape index (κ1) is 16.8. The van der Waals surface area contributed by atoms with Crippen LogP contribution in [0.3, 0.4) is 0 Å². The van der Waals surface area contributed by atoms with Gasteiger partial charge in [-0.2, -0.15) is 16.9 Å². The summed E-state index contributed by atoms with van der Waals surface area (Å²) >= 11 is 8.08. The summed E-state index contributed by atoms with van der Waals surface area (Å²) in [7, 11) is 4.09. The highest BCUT2D eigenvalue weighted by atomic mass is 35.5. The largest absolute Gasteiger partial charge is 0.322 e. The summed E-state index contributed by atoms with van der Waals surface area (Å²) < 4.78 is 1.93. The molecule has 6 heteroatoms. The minimum atomic E-state index is -0.0547. The molecule has 0 saturated heterocycles. The summed E-state index contributed by atoms with van der Waals surface area (Å²) in [5, 5.41) is 5.00. The fourth-order valence-electron chi connectivity index (χ4n) is 1.72. The standard InChI is InChI=1S/C13H25ClN4S/c1-10(2)8-19-9-12(15)13-11(14)7-16-18(13)6-5-17(3)4/h7,10,12H,5-6,8-9,15H2,1-4H3. The molecular weight excluding hydrogens is 280 g/mol. The van der Waals surface area contributed by atoms with E-state index in [0.717, 1.165) is 30.3 Å². The number of nitrogens with two attached hydrogens (primary N) is 1. The number of hydrogen-bond donors (Lipinski definition) is 1. The van der Waals surface area contributed by atoms with Gasteiger partial charge in [-0.3, -0.25) is 4.68 Å². The fourth-order valence-corrected chi connectivity index (χ4v) is 3.02. The third-order valence-electron chi connectivity index (χ3n) is 2.69. The average molecular weight is 305 g/mol. The lowest BCUT2D eigenvalue weighted by atomic mass is 10.2. The SMILES string of the molecule is CC(C)CSCC(N)c1c(Cl)cnn1CCN(C)C. The molecule has 1 aromatic rings. The molecule has 1 unspecified atom stereocenters. The summed E-state index contributed by atoms with van der Waals surface area (Å²) in [4.78, 5) is 2.12. The minimum absolute atomic E-state index is 0.0547. The molecule has 4 nitrogen and oxygen atoms in total. The van der Waals surface area contributed by atoms with E-state index in [9.17, 15) is 0 Å². The fraction of sp³-hybridized carbons (Fsp3) is 0.769. The monoisotopic (exact) mass is 304 g/mol. The van der Waals surface area contributed by atoms with Gasteiger partial charge in [-0.25, -0.2) is 0 Å². The third-order valence-corrected chi connectivity index (χ3v) is 4.48. The Balaban J connectivity index is 2.61. The Labute approximate surface area is 125 Å². The molecule has 2 N–H and O–H groups in total. The zero-order valence-corrected chi connectivity index (χ0v) is 13.8. The molecule has 1 heterocycles. The number of rotatable bonds is 8. The molecule has 0 amide bonds. The van der Waals surface area contributed by atoms with Crippen molar-refractivity contribution in [2.75, 3.05) is 32.1 Å². The Morgan fingerprint density at radius 1 is 1.42 bits per heavy atom. The second kappa shape index (κ2) is 8.15. The van der Waals surface area contributed by atoms with Crippen LogP contribution in [0.4, 0.5) is 0 Å². The Morgan fingerprint density at radius 3 is 2.68 bits per heavy atom. The van der Waals surface area contributed by atoms with Crippen LogP contribution in [-0.2, 0) is 6.54 Å². The molecule has 1 rings (SSSR count). The lowest BCUT2D eigenvalue weighted by molar-refractivity contribution is 0.367. The molecule has 0 aromatic carbocycles. The second-order valence-electron chi connectivity index (χ2n) is 5.44. The van der Waals surface area contributed by atoms with Crippen LogP contribution in [-0.4, -0.2) is 46.8 Å². The van der Waals surface area contributed by atoms with Crippen molar-refractivity contribution in [1.29, 1.82) is 0 Å². The predicted molar refractivity (Wildman–Crippen MR) is 84.9 cm³/mol. The maximum atomic E-state index is 6.25. The molecule has 0 fully saturated rings. The summed E-state index contributed by atoms with van der Waals surface area (Å²) in [5.74, 6) is 2.69. The molecule has 0 aliphatic rings.